The number of nitrogens with one attached hydrogen (secondary N) is 1. The Bertz CT molecular complexity index is 651. The maximum atomic E-state index is 13.2. The molecule has 2 aromatic heterocycles. The van der Waals surface area contributed by atoms with Crippen molar-refractivity contribution in [2.45, 2.75) is 13.3 Å². The Morgan fingerprint density at radius 2 is 2.21 bits per heavy atom. The number of carboxylic acids is 1. The Balaban J connectivity index is 2.47. The minimum absolute atomic E-state index is 0.165. The summed E-state index contributed by atoms with van der Waals surface area (Å²) in [7, 11) is 0. The molecule has 0 spiro atoms. The second kappa shape index (κ2) is 5.05. The molecule has 0 aromatic carbocycles. The van der Waals surface area contributed by atoms with Gasteiger partial charge in [-0.3, -0.25) is 14.0 Å². The van der Waals surface area contributed by atoms with Crippen molar-refractivity contribution in [3.8, 4) is 0 Å². The first-order valence-electron chi connectivity index (χ1n) is 5.69. The van der Waals surface area contributed by atoms with E-state index in [-0.39, 0.29) is 5.69 Å². The summed E-state index contributed by atoms with van der Waals surface area (Å²) in [6.45, 7) is 1.32. The van der Waals surface area contributed by atoms with Crippen LogP contribution in [-0.4, -0.2) is 32.9 Å². The van der Waals surface area contributed by atoms with Gasteiger partial charge in [0, 0.05) is 6.20 Å². The number of amides is 1. The van der Waals surface area contributed by atoms with Gasteiger partial charge in [0.05, 0.1) is 5.69 Å². The summed E-state index contributed by atoms with van der Waals surface area (Å²) >= 11 is 0. The second-order valence-corrected chi connectivity index (χ2v) is 3.91. The van der Waals surface area contributed by atoms with Crippen LogP contribution < -0.4 is 5.32 Å². The van der Waals surface area contributed by atoms with E-state index in [9.17, 15) is 14.0 Å². The number of carbonyl (C=O) groups excluding carboxylic acids is 1. The molecule has 0 fully saturated rings. The fraction of sp³-hybridized carbons (Fsp3) is 0.250. The normalized spacial score (nSPS) is 10.6. The summed E-state index contributed by atoms with van der Waals surface area (Å²) in [5, 5.41) is 10.8. The number of hydrogen-bond donors (Lipinski definition) is 2. The average molecular weight is 265 g/mol. The molecule has 0 saturated carbocycles. The van der Waals surface area contributed by atoms with Crippen LogP contribution in [0.15, 0.2) is 18.3 Å². The Hall–Kier alpha value is -2.44. The zero-order valence-corrected chi connectivity index (χ0v) is 10.2. The molecule has 6 nitrogen and oxygen atoms in total. The van der Waals surface area contributed by atoms with Gasteiger partial charge in [0.25, 0.3) is 5.91 Å². The lowest BCUT2D eigenvalue weighted by Crippen LogP contribution is -2.30. The molecular formula is C12H12FN3O3. The van der Waals surface area contributed by atoms with Crippen molar-refractivity contribution < 1.29 is 19.1 Å². The molecule has 1 amide bonds. The number of fused-ring (bicyclic) bond motifs is 1. The Kier molecular flexibility index (Phi) is 3.46. The number of rotatable bonds is 4. The van der Waals surface area contributed by atoms with Gasteiger partial charge in [0.15, 0.2) is 0 Å². The summed E-state index contributed by atoms with van der Waals surface area (Å²) in [6.07, 6.45) is 1.64. The summed E-state index contributed by atoms with van der Waals surface area (Å²) in [6, 6.07) is 2.71. The van der Waals surface area contributed by atoms with E-state index in [1.807, 2.05) is 6.92 Å². The van der Waals surface area contributed by atoms with E-state index in [0.29, 0.717) is 17.8 Å². The van der Waals surface area contributed by atoms with Crippen molar-refractivity contribution in [3.05, 3.63) is 35.5 Å². The standard InChI is InChI=1S/C12H12FN3O3/c1-2-8-11(12(19)14-5-10(17)18)16-6-7(13)3-4-9(16)15-8/h3-4,6H,2,5H2,1H3,(H,14,19)(H,17,18). The molecule has 2 N–H and O–H groups in total. The third-order valence-corrected chi connectivity index (χ3v) is 2.60. The zero-order chi connectivity index (χ0) is 14.0. The van der Waals surface area contributed by atoms with E-state index >= 15 is 0 Å². The molecule has 2 heterocycles. The van der Waals surface area contributed by atoms with Crippen LogP contribution in [0, 0.1) is 5.82 Å². The van der Waals surface area contributed by atoms with Crippen LogP contribution >= 0.6 is 0 Å². The first-order chi connectivity index (χ1) is 9.02. The molecule has 0 atom stereocenters. The Labute approximate surface area is 107 Å². The third-order valence-electron chi connectivity index (χ3n) is 2.60. The zero-order valence-electron chi connectivity index (χ0n) is 10.2. The predicted octanol–water partition coefficient (Wildman–Crippen LogP) is 0.850. The lowest BCUT2D eigenvalue weighted by molar-refractivity contribution is -0.135. The number of halogens is 1. The van der Waals surface area contributed by atoms with Crippen molar-refractivity contribution in [1.82, 2.24) is 14.7 Å². The number of hydrogen-bond acceptors (Lipinski definition) is 3. The van der Waals surface area contributed by atoms with Crippen LogP contribution in [0.4, 0.5) is 4.39 Å². The Morgan fingerprint density at radius 3 is 2.84 bits per heavy atom. The monoisotopic (exact) mass is 265 g/mol. The summed E-state index contributed by atoms with van der Waals surface area (Å²) in [4.78, 5) is 26.6. The molecule has 0 aliphatic rings. The third kappa shape index (κ3) is 2.54. The van der Waals surface area contributed by atoms with Gasteiger partial charge in [-0.15, -0.1) is 0 Å². The number of carbonyl (C=O) groups is 2. The quantitative estimate of drug-likeness (QED) is 0.858. The molecule has 2 rings (SSSR count). The van der Waals surface area contributed by atoms with Crippen molar-refractivity contribution in [3.63, 3.8) is 0 Å². The number of aryl methyl sites for hydroxylation is 1. The molecule has 0 unspecified atom stereocenters. The molecule has 19 heavy (non-hydrogen) atoms. The maximum Gasteiger partial charge on any atom is 0.322 e. The van der Waals surface area contributed by atoms with Gasteiger partial charge in [-0.25, -0.2) is 9.37 Å². The minimum Gasteiger partial charge on any atom is -0.480 e. The number of imidazole rings is 1. The van der Waals surface area contributed by atoms with Crippen molar-refractivity contribution >= 4 is 17.5 Å². The van der Waals surface area contributed by atoms with Crippen LogP contribution in [0.1, 0.15) is 23.1 Å². The van der Waals surface area contributed by atoms with E-state index in [1.165, 1.54) is 16.5 Å². The minimum atomic E-state index is -1.15. The van der Waals surface area contributed by atoms with Gasteiger partial charge < -0.3 is 10.4 Å². The van der Waals surface area contributed by atoms with Gasteiger partial charge in [-0.1, -0.05) is 6.92 Å². The number of aromatic nitrogens is 2. The summed E-state index contributed by atoms with van der Waals surface area (Å²) < 4.78 is 14.6. The molecule has 100 valence electrons. The summed E-state index contributed by atoms with van der Waals surface area (Å²) in [5.74, 6) is -2.23. The number of aliphatic carboxylic acids is 1. The smallest absolute Gasteiger partial charge is 0.322 e. The van der Waals surface area contributed by atoms with Crippen LogP contribution in [0.2, 0.25) is 0 Å². The van der Waals surface area contributed by atoms with E-state index in [4.69, 9.17) is 5.11 Å². The molecular weight excluding hydrogens is 253 g/mol. The highest BCUT2D eigenvalue weighted by Gasteiger charge is 2.18. The van der Waals surface area contributed by atoms with Crippen LogP contribution in [0.5, 0.6) is 0 Å². The molecule has 0 saturated heterocycles. The average Bonchev–Trinajstić information content (AvgIpc) is 2.73. The van der Waals surface area contributed by atoms with Gasteiger partial charge in [0.1, 0.15) is 23.7 Å². The molecule has 0 bridgehead atoms. The van der Waals surface area contributed by atoms with Crippen LogP contribution in [-0.2, 0) is 11.2 Å². The number of pyridine rings is 1. The highest BCUT2D eigenvalue weighted by molar-refractivity contribution is 5.96. The number of nitrogens with zero attached hydrogens (tertiary/aromatic N) is 2. The molecule has 0 aliphatic carbocycles. The van der Waals surface area contributed by atoms with Crippen LogP contribution in [0.3, 0.4) is 0 Å². The highest BCUT2D eigenvalue weighted by atomic mass is 19.1. The predicted molar refractivity (Wildman–Crippen MR) is 64.5 cm³/mol. The van der Waals surface area contributed by atoms with Crippen molar-refractivity contribution in [2.24, 2.45) is 0 Å². The molecule has 0 aliphatic heterocycles. The lowest BCUT2D eigenvalue weighted by Gasteiger charge is -2.04. The fourth-order valence-corrected chi connectivity index (χ4v) is 1.79. The fourth-order valence-electron chi connectivity index (χ4n) is 1.79. The van der Waals surface area contributed by atoms with Crippen molar-refractivity contribution in [2.75, 3.05) is 6.54 Å². The SMILES string of the molecule is CCc1nc2ccc(F)cn2c1C(=O)NCC(=O)O. The van der Waals surface area contributed by atoms with Gasteiger partial charge >= 0.3 is 5.97 Å². The maximum absolute atomic E-state index is 13.2. The first-order valence-corrected chi connectivity index (χ1v) is 5.69. The van der Waals surface area contributed by atoms with Gasteiger partial charge in [-0.2, -0.15) is 0 Å². The first kappa shape index (κ1) is 13.0. The molecule has 0 radical (unpaired) electrons. The van der Waals surface area contributed by atoms with Gasteiger partial charge in [0.2, 0.25) is 0 Å². The topological polar surface area (TPSA) is 83.7 Å². The molecule has 7 heteroatoms. The second-order valence-electron chi connectivity index (χ2n) is 3.91. The van der Waals surface area contributed by atoms with E-state index in [1.54, 1.807) is 0 Å². The van der Waals surface area contributed by atoms with E-state index in [2.05, 4.69) is 10.3 Å². The van der Waals surface area contributed by atoms with Gasteiger partial charge in [-0.05, 0) is 18.6 Å². The number of carboxylic acid groups (broad SMARTS) is 1. The van der Waals surface area contributed by atoms with Crippen LogP contribution in [0.25, 0.3) is 5.65 Å². The highest BCUT2D eigenvalue weighted by Crippen LogP contribution is 2.14. The summed E-state index contributed by atoms with van der Waals surface area (Å²) in [5.41, 5.74) is 1.10. The molecule has 2 aromatic rings. The van der Waals surface area contributed by atoms with E-state index < -0.39 is 24.2 Å². The Morgan fingerprint density at radius 1 is 1.47 bits per heavy atom. The largest absolute Gasteiger partial charge is 0.480 e. The van der Waals surface area contributed by atoms with E-state index in [0.717, 1.165) is 6.20 Å². The van der Waals surface area contributed by atoms with Crippen molar-refractivity contribution in [1.29, 1.82) is 0 Å². The lowest BCUT2D eigenvalue weighted by atomic mass is 10.2.